The monoisotopic (exact) mass is 471 g/mol. The van der Waals surface area contributed by atoms with E-state index in [9.17, 15) is 19.6 Å². The fourth-order valence-corrected chi connectivity index (χ4v) is 4.23. The molecule has 3 aromatic rings. The Kier molecular flexibility index (Phi) is 6.20. The molecule has 2 heterocycles. The Labute approximate surface area is 192 Å². The zero-order valence-corrected chi connectivity index (χ0v) is 18.1. The van der Waals surface area contributed by atoms with Gasteiger partial charge in [0.1, 0.15) is 22.6 Å². The largest absolute Gasteiger partial charge is 0.494 e. The Morgan fingerprint density at radius 3 is 2.61 bits per heavy atom. The number of quaternary nitrogens is 1. The number of aromatic carboxylic acids is 1. The second-order valence-electron chi connectivity index (χ2n) is 7.08. The number of carbonyl (C=O) groups is 1. The van der Waals surface area contributed by atoms with Gasteiger partial charge >= 0.3 is 11.8 Å². The number of hydroxylamine groups is 2. The van der Waals surface area contributed by atoms with Crippen molar-refractivity contribution in [3.05, 3.63) is 89.1 Å². The van der Waals surface area contributed by atoms with Crippen LogP contribution in [0.3, 0.4) is 0 Å². The van der Waals surface area contributed by atoms with E-state index in [1.807, 2.05) is 36.4 Å². The lowest BCUT2D eigenvalue weighted by Crippen LogP contribution is -2.49. The van der Waals surface area contributed by atoms with E-state index < -0.39 is 22.3 Å². The molecule has 4 rings (SSSR count). The third-order valence-electron chi connectivity index (χ3n) is 4.93. The van der Waals surface area contributed by atoms with Crippen LogP contribution in [0.4, 0.5) is 10.1 Å². The van der Waals surface area contributed by atoms with Gasteiger partial charge in [0, 0.05) is 18.5 Å². The molecule has 5 N–H and O–H groups in total. The number of methoxy groups -OCH3 is 1. The third kappa shape index (κ3) is 4.76. The van der Waals surface area contributed by atoms with Crippen LogP contribution >= 0.6 is 11.8 Å². The first-order valence-corrected chi connectivity index (χ1v) is 10.6. The van der Waals surface area contributed by atoms with E-state index in [0.717, 1.165) is 28.8 Å². The second kappa shape index (κ2) is 9.08. The molecule has 1 aliphatic heterocycles. The summed E-state index contributed by atoms with van der Waals surface area (Å²) in [6.45, 7) is 0. The molecule has 1 aliphatic rings. The van der Waals surface area contributed by atoms with Gasteiger partial charge in [-0.2, -0.15) is 5.43 Å². The van der Waals surface area contributed by atoms with Gasteiger partial charge in [0.2, 0.25) is 0 Å². The van der Waals surface area contributed by atoms with Gasteiger partial charge in [-0.05, 0) is 28.8 Å². The Bertz CT molecular complexity index is 1210. The number of nitrogens with one attached hydrogen (secondary N) is 2. The Balaban J connectivity index is 1.48. The molecule has 11 heteroatoms. The number of hydrogen-bond donors (Lipinski definition) is 5. The molecule has 0 amide bonds. The number of ether oxygens (including phenoxy) is 1. The number of rotatable bonds is 7. The average Bonchev–Trinajstić information content (AvgIpc) is 3.31. The summed E-state index contributed by atoms with van der Waals surface area (Å²) >= 11 is 1.32. The summed E-state index contributed by atoms with van der Waals surface area (Å²) in [5.41, 5.74) is 4.45. The first-order chi connectivity index (χ1) is 15.8. The smallest absolute Gasteiger partial charge is 0.338 e. The summed E-state index contributed by atoms with van der Waals surface area (Å²) in [6.07, 6.45) is 3.48. The number of thioether (sulfide) groups is 1. The van der Waals surface area contributed by atoms with Crippen molar-refractivity contribution in [2.75, 3.05) is 12.5 Å². The molecule has 0 radical (unpaired) electrons. The molecule has 33 heavy (non-hydrogen) atoms. The fourth-order valence-electron chi connectivity index (χ4n) is 3.25. The molecule has 0 aliphatic carbocycles. The van der Waals surface area contributed by atoms with E-state index in [1.165, 1.54) is 24.3 Å². The summed E-state index contributed by atoms with van der Waals surface area (Å²) in [7, 11) is 1.25. The number of halogens is 1. The minimum Gasteiger partial charge on any atom is -0.494 e. The molecule has 1 unspecified atom stereocenters. The maximum Gasteiger partial charge on any atom is 0.338 e. The number of nitrogens with zero attached hydrogens (tertiary/aromatic N) is 2. The van der Waals surface area contributed by atoms with Crippen LogP contribution in [-0.2, 0) is 0 Å². The SMILES string of the molecule is COc1cc(C(=O)O)c(F)cc1N[N+](O)(O)C1=CSC(c2ccc(-c3cccnc3)cc2)N1. The predicted octanol–water partition coefficient (Wildman–Crippen LogP) is 4.35. The van der Waals surface area contributed by atoms with Crippen LogP contribution < -0.4 is 15.5 Å². The molecule has 0 fully saturated rings. The van der Waals surface area contributed by atoms with E-state index in [1.54, 1.807) is 12.4 Å². The van der Waals surface area contributed by atoms with Crippen LogP contribution in [0.25, 0.3) is 11.1 Å². The number of benzene rings is 2. The number of hydrogen-bond acceptors (Lipinski definition) is 8. The predicted molar refractivity (Wildman–Crippen MR) is 119 cm³/mol. The lowest BCUT2D eigenvalue weighted by Gasteiger charge is -2.24. The van der Waals surface area contributed by atoms with Crippen LogP contribution in [0.2, 0.25) is 0 Å². The van der Waals surface area contributed by atoms with E-state index in [4.69, 9.17) is 9.84 Å². The molecule has 0 spiro atoms. The van der Waals surface area contributed by atoms with Gasteiger partial charge in [0.25, 0.3) is 0 Å². The molecule has 170 valence electrons. The first kappa shape index (κ1) is 22.6. The molecule has 0 saturated carbocycles. The van der Waals surface area contributed by atoms with Crippen LogP contribution in [0.15, 0.2) is 72.2 Å². The van der Waals surface area contributed by atoms with Crippen molar-refractivity contribution >= 4 is 23.4 Å². The van der Waals surface area contributed by atoms with Crippen LogP contribution in [-0.4, -0.2) is 38.5 Å². The van der Waals surface area contributed by atoms with Gasteiger partial charge in [-0.3, -0.25) is 4.98 Å². The van der Waals surface area contributed by atoms with Crippen molar-refractivity contribution in [1.29, 1.82) is 0 Å². The molecular formula is C22H20FN4O5S+. The maximum absolute atomic E-state index is 14.1. The number of aromatic nitrogens is 1. The van der Waals surface area contributed by atoms with Crippen molar-refractivity contribution in [1.82, 2.24) is 10.3 Å². The number of pyridine rings is 1. The van der Waals surface area contributed by atoms with Crippen LogP contribution in [0, 0.1) is 5.82 Å². The normalized spacial score (nSPS) is 15.5. The van der Waals surface area contributed by atoms with Crippen molar-refractivity contribution in [3.63, 3.8) is 0 Å². The molecule has 9 nitrogen and oxygen atoms in total. The summed E-state index contributed by atoms with van der Waals surface area (Å²) in [5.74, 6) is -2.63. The van der Waals surface area contributed by atoms with Gasteiger partial charge in [0.05, 0.1) is 23.0 Å². The maximum atomic E-state index is 14.1. The quantitative estimate of drug-likeness (QED) is 0.253. The molecule has 0 saturated heterocycles. The van der Waals surface area contributed by atoms with E-state index in [-0.39, 0.29) is 22.6 Å². The molecular weight excluding hydrogens is 451 g/mol. The van der Waals surface area contributed by atoms with Gasteiger partial charge in [-0.1, -0.05) is 42.1 Å². The standard InChI is InChI=1S/C22H19FN4O5S/c1-32-19-9-16(22(28)29)17(23)10-18(19)26-27(30,31)20-12-33-21(25-20)14-6-4-13(5-7-14)15-3-2-8-24-11-15/h2-12,21,25-26,30-31H,1H3/p+1. The highest BCUT2D eigenvalue weighted by atomic mass is 32.2. The topological polar surface area (TPSA) is 124 Å². The number of carboxylic acid groups (broad SMARTS) is 1. The van der Waals surface area contributed by atoms with E-state index in [2.05, 4.69) is 15.7 Å². The van der Waals surface area contributed by atoms with Crippen molar-refractivity contribution < 1.29 is 34.4 Å². The Morgan fingerprint density at radius 2 is 1.97 bits per heavy atom. The van der Waals surface area contributed by atoms with Crippen molar-refractivity contribution in [2.24, 2.45) is 0 Å². The van der Waals surface area contributed by atoms with Crippen LogP contribution in [0.1, 0.15) is 21.3 Å². The highest BCUT2D eigenvalue weighted by Gasteiger charge is 2.38. The summed E-state index contributed by atoms with van der Waals surface area (Å²) in [5, 5.41) is 34.4. The minimum absolute atomic E-state index is 0.0221. The average molecular weight is 471 g/mol. The summed E-state index contributed by atoms with van der Waals surface area (Å²) in [6, 6.07) is 13.3. The lowest BCUT2D eigenvalue weighted by atomic mass is 10.1. The zero-order chi connectivity index (χ0) is 23.6. The highest BCUT2D eigenvalue weighted by molar-refractivity contribution is 8.02. The van der Waals surface area contributed by atoms with Crippen LogP contribution in [0.5, 0.6) is 5.75 Å². The van der Waals surface area contributed by atoms with E-state index >= 15 is 0 Å². The zero-order valence-electron chi connectivity index (χ0n) is 17.3. The number of anilines is 1. The lowest BCUT2D eigenvalue weighted by molar-refractivity contribution is -1.21. The fraction of sp³-hybridized carbons (Fsp3) is 0.0909. The van der Waals surface area contributed by atoms with Gasteiger partial charge in [0.15, 0.2) is 0 Å². The van der Waals surface area contributed by atoms with Crippen molar-refractivity contribution in [2.45, 2.75) is 5.37 Å². The first-order valence-electron chi connectivity index (χ1n) is 9.65. The Hall–Kier alpha value is -3.64. The Morgan fingerprint density at radius 1 is 1.21 bits per heavy atom. The minimum atomic E-state index is -1.83. The van der Waals surface area contributed by atoms with Gasteiger partial charge < -0.3 is 15.2 Å². The van der Waals surface area contributed by atoms with E-state index in [0.29, 0.717) is 0 Å². The van der Waals surface area contributed by atoms with Crippen molar-refractivity contribution in [3.8, 4) is 16.9 Å². The van der Waals surface area contributed by atoms with Gasteiger partial charge in [-0.15, -0.1) is 10.4 Å². The highest BCUT2D eigenvalue weighted by Crippen LogP contribution is 2.38. The summed E-state index contributed by atoms with van der Waals surface area (Å²) < 4.78 is 19.2. The molecule has 1 aromatic heterocycles. The summed E-state index contributed by atoms with van der Waals surface area (Å²) in [4.78, 5) is 13.4. The second-order valence-corrected chi connectivity index (χ2v) is 8.06. The molecule has 2 aromatic carbocycles. The van der Waals surface area contributed by atoms with Gasteiger partial charge in [-0.25, -0.2) is 9.18 Å². The number of carboxylic acids is 1. The third-order valence-corrected chi connectivity index (χ3v) is 5.96. The molecule has 1 atom stereocenters. The molecule has 0 bridgehead atoms.